The van der Waals surface area contributed by atoms with Gasteiger partial charge in [-0.2, -0.15) is 0 Å². The van der Waals surface area contributed by atoms with Crippen LogP contribution in [0.1, 0.15) is 13.8 Å². The third kappa shape index (κ3) is 1.79. The van der Waals surface area contributed by atoms with E-state index in [2.05, 4.69) is 0 Å². The molecule has 4 heteroatoms. The van der Waals surface area contributed by atoms with Crippen LogP contribution in [0.15, 0.2) is 0 Å². The second-order valence-corrected chi connectivity index (χ2v) is 1.89. The highest BCUT2D eigenvalue weighted by molar-refractivity contribution is 5.74. The summed E-state index contributed by atoms with van der Waals surface area (Å²) in [7, 11) is 0. The van der Waals surface area contributed by atoms with E-state index >= 15 is 0 Å². The van der Waals surface area contributed by atoms with Gasteiger partial charge in [0.2, 0.25) is 5.96 Å². The Balaban J connectivity index is 3.64. The standard InChI is InChI=1S/C4H12N4/c1-3(2)8(7)4(5)6/h3H,7H2,1-2H3,(H3,5,6). The molecule has 0 radical (unpaired) electrons. The van der Waals surface area contributed by atoms with E-state index in [1.165, 1.54) is 5.01 Å². The molecule has 0 rings (SSSR count). The molecule has 0 spiro atoms. The zero-order chi connectivity index (χ0) is 6.73. The first-order valence-electron chi connectivity index (χ1n) is 2.43. The summed E-state index contributed by atoms with van der Waals surface area (Å²) in [5.41, 5.74) is 5.02. The van der Waals surface area contributed by atoms with Gasteiger partial charge in [0.25, 0.3) is 0 Å². The normalized spacial score (nSPS) is 9.50. The predicted molar refractivity (Wildman–Crippen MR) is 33.1 cm³/mol. The van der Waals surface area contributed by atoms with Gasteiger partial charge in [0, 0.05) is 6.04 Å². The third-order valence-corrected chi connectivity index (χ3v) is 0.835. The first-order valence-corrected chi connectivity index (χ1v) is 2.43. The molecule has 0 aliphatic rings. The van der Waals surface area contributed by atoms with Crippen molar-refractivity contribution < 1.29 is 0 Å². The number of nitrogens with zero attached hydrogens (tertiary/aromatic N) is 1. The number of nitrogens with one attached hydrogen (secondary N) is 1. The number of hydrazine groups is 1. The van der Waals surface area contributed by atoms with Crippen molar-refractivity contribution in [2.75, 3.05) is 0 Å². The molecule has 0 fully saturated rings. The Kier molecular flexibility index (Phi) is 2.27. The topological polar surface area (TPSA) is 79.1 Å². The van der Waals surface area contributed by atoms with Gasteiger partial charge in [0.1, 0.15) is 0 Å². The molecule has 0 unspecified atom stereocenters. The van der Waals surface area contributed by atoms with Gasteiger partial charge in [-0.05, 0) is 13.8 Å². The van der Waals surface area contributed by atoms with Crippen LogP contribution in [-0.2, 0) is 0 Å². The van der Waals surface area contributed by atoms with Crippen molar-refractivity contribution in [3.05, 3.63) is 0 Å². The van der Waals surface area contributed by atoms with Gasteiger partial charge >= 0.3 is 0 Å². The SMILES string of the molecule is CC(C)N(N)C(=N)N. The fourth-order valence-corrected chi connectivity index (χ4v) is 0.278. The Morgan fingerprint density at radius 1 is 1.62 bits per heavy atom. The molecular formula is C4H12N4. The first-order chi connectivity index (χ1) is 3.55. The molecule has 0 aromatic carbocycles. The van der Waals surface area contributed by atoms with Crippen LogP contribution in [-0.4, -0.2) is 17.0 Å². The summed E-state index contributed by atoms with van der Waals surface area (Å²) in [6.45, 7) is 3.72. The number of hydrogen-bond donors (Lipinski definition) is 3. The molecule has 5 N–H and O–H groups in total. The summed E-state index contributed by atoms with van der Waals surface area (Å²) in [5.74, 6) is 5.15. The van der Waals surface area contributed by atoms with Crippen LogP contribution >= 0.6 is 0 Å². The molecule has 0 aromatic rings. The molecule has 0 amide bonds. The third-order valence-electron chi connectivity index (χ3n) is 0.835. The second kappa shape index (κ2) is 2.52. The smallest absolute Gasteiger partial charge is 0.203 e. The maximum Gasteiger partial charge on any atom is 0.203 e. The van der Waals surface area contributed by atoms with Gasteiger partial charge in [-0.3, -0.25) is 10.4 Å². The Morgan fingerprint density at radius 2 is 2.00 bits per heavy atom. The minimum Gasteiger partial charge on any atom is -0.369 e. The number of nitrogens with two attached hydrogens (primary N) is 2. The van der Waals surface area contributed by atoms with Crippen LogP contribution in [0.2, 0.25) is 0 Å². The van der Waals surface area contributed by atoms with Crippen LogP contribution in [0, 0.1) is 5.41 Å². The van der Waals surface area contributed by atoms with Crippen LogP contribution in [0.4, 0.5) is 0 Å². The fraction of sp³-hybridized carbons (Fsp3) is 0.750. The zero-order valence-electron chi connectivity index (χ0n) is 5.18. The van der Waals surface area contributed by atoms with E-state index < -0.39 is 0 Å². The van der Waals surface area contributed by atoms with E-state index in [0.29, 0.717) is 0 Å². The Bertz CT molecular complexity index is 88.0. The molecule has 0 aliphatic heterocycles. The molecule has 0 aliphatic carbocycles. The summed E-state index contributed by atoms with van der Waals surface area (Å²) in [6, 6.07) is 0.104. The summed E-state index contributed by atoms with van der Waals surface area (Å²) < 4.78 is 0. The lowest BCUT2D eigenvalue weighted by Gasteiger charge is -2.19. The van der Waals surface area contributed by atoms with Crippen molar-refractivity contribution in [3.63, 3.8) is 0 Å². The summed E-state index contributed by atoms with van der Waals surface area (Å²) in [6.07, 6.45) is 0. The van der Waals surface area contributed by atoms with Crippen molar-refractivity contribution in [2.24, 2.45) is 11.6 Å². The summed E-state index contributed by atoms with van der Waals surface area (Å²) >= 11 is 0. The van der Waals surface area contributed by atoms with Crippen molar-refractivity contribution in [3.8, 4) is 0 Å². The lowest BCUT2D eigenvalue weighted by Crippen LogP contribution is -2.46. The van der Waals surface area contributed by atoms with Crippen molar-refractivity contribution in [1.29, 1.82) is 5.41 Å². The van der Waals surface area contributed by atoms with Gasteiger partial charge in [0.15, 0.2) is 0 Å². The number of guanidine groups is 1. The number of rotatable bonds is 1. The molecule has 0 atom stereocenters. The molecule has 48 valence electrons. The largest absolute Gasteiger partial charge is 0.369 e. The van der Waals surface area contributed by atoms with Gasteiger partial charge in [-0.25, -0.2) is 5.84 Å². The van der Waals surface area contributed by atoms with E-state index in [4.69, 9.17) is 17.0 Å². The maximum absolute atomic E-state index is 6.81. The van der Waals surface area contributed by atoms with E-state index in [-0.39, 0.29) is 12.0 Å². The monoisotopic (exact) mass is 116 g/mol. The highest BCUT2D eigenvalue weighted by Crippen LogP contribution is 1.85. The Hall–Kier alpha value is -0.770. The van der Waals surface area contributed by atoms with Crippen molar-refractivity contribution >= 4 is 5.96 Å². The molecular weight excluding hydrogens is 104 g/mol. The highest BCUT2D eigenvalue weighted by Gasteiger charge is 2.02. The van der Waals surface area contributed by atoms with Gasteiger partial charge in [0.05, 0.1) is 0 Å². The molecule has 0 heterocycles. The molecule has 0 saturated heterocycles. The van der Waals surface area contributed by atoms with Crippen LogP contribution in [0.3, 0.4) is 0 Å². The Morgan fingerprint density at radius 3 is 2.00 bits per heavy atom. The van der Waals surface area contributed by atoms with Gasteiger partial charge < -0.3 is 5.73 Å². The quantitative estimate of drug-likeness (QED) is 0.186. The molecule has 4 nitrogen and oxygen atoms in total. The minimum absolute atomic E-state index is 0.0972. The van der Waals surface area contributed by atoms with Crippen LogP contribution in [0.5, 0.6) is 0 Å². The predicted octanol–water partition coefficient (Wildman–Crippen LogP) is -0.536. The lowest BCUT2D eigenvalue weighted by molar-refractivity contribution is 0.357. The fourth-order valence-electron chi connectivity index (χ4n) is 0.278. The van der Waals surface area contributed by atoms with Crippen LogP contribution in [0.25, 0.3) is 0 Å². The van der Waals surface area contributed by atoms with E-state index in [0.717, 1.165) is 0 Å². The Labute approximate surface area is 48.9 Å². The van der Waals surface area contributed by atoms with Crippen LogP contribution < -0.4 is 11.6 Å². The number of hydrogen-bond acceptors (Lipinski definition) is 2. The molecule has 0 aromatic heterocycles. The summed E-state index contributed by atoms with van der Waals surface area (Å²) in [4.78, 5) is 0. The van der Waals surface area contributed by atoms with E-state index in [9.17, 15) is 0 Å². The minimum atomic E-state index is -0.0972. The zero-order valence-corrected chi connectivity index (χ0v) is 5.18. The van der Waals surface area contributed by atoms with E-state index in [1.54, 1.807) is 0 Å². The highest BCUT2D eigenvalue weighted by atomic mass is 15.5. The first kappa shape index (κ1) is 7.23. The molecule has 8 heavy (non-hydrogen) atoms. The van der Waals surface area contributed by atoms with Gasteiger partial charge in [-0.15, -0.1) is 0 Å². The molecule has 0 bridgehead atoms. The molecule has 0 saturated carbocycles. The average Bonchev–Trinajstić information content (AvgIpc) is 1.64. The van der Waals surface area contributed by atoms with Crippen molar-refractivity contribution in [2.45, 2.75) is 19.9 Å². The van der Waals surface area contributed by atoms with Gasteiger partial charge in [-0.1, -0.05) is 0 Å². The summed E-state index contributed by atoms with van der Waals surface area (Å²) in [5, 5.41) is 8.00. The van der Waals surface area contributed by atoms with Crippen molar-refractivity contribution in [1.82, 2.24) is 5.01 Å². The maximum atomic E-state index is 6.81. The lowest BCUT2D eigenvalue weighted by atomic mass is 10.4. The van der Waals surface area contributed by atoms with E-state index in [1.807, 2.05) is 13.8 Å². The second-order valence-electron chi connectivity index (χ2n) is 1.89. The average molecular weight is 116 g/mol.